The summed E-state index contributed by atoms with van der Waals surface area (Å²) in [5.41, 5.74) is 0. The Morgan fingerprint density at radius 3 is 2.80 bits per heavy atom. The molecule has 84 valence electrons. The first-order valence-electron chi connectivity index (χ1n) is 4.74. The van der Waals surface area contributed by atoms with Gasteiger partial charge in [-0.05, 0) is 13.8 Å². The predicted molar refractivity (Wildman–Crippen MR) is 51.0 cm³/mol. The van der Waals surface area contributed by atoms with Crippen molar-refractivity contribution in [3.8, 4) is 0 Å². The smallest absolute Gasteiger partial charge is 0.305 e. The summed E-state index contributed by atoms with van der Waals surface area (Å²) >= 11 is 0. The van der Waals surface area contributed by atoms with Crippen molar-refractivity contribution in [3.05, 3.63) is 0 Å². The van der Waals surface area contributed by atoms with Crippen LogP contribution in [0, 0.1) is 0 Å². The number of aliphatic carboxylic acids is 1. The molecule has 0 bridgehead atoms. The van der Waals surface area contributed by atoms with Gasteiger partial charge in [0.15, 0.2) is 0 Å². The van der Waals surface area contributed by atoms with Crippen LogP contribution >= 0.6 is 0 Å². The van der Waals surface area contributed by atoms with E-state index in [1.807, 2.05) is 0 Å². The topological polar surface area (TPSA) is 86.7 Å². The molecule has 0 aromatic carbocycles. The number of hydrogen-bond donors (Lipinski definition) is 2. The summed E-state index contributed by atoms with van der Waals surface area (Å²) in [4.78, 5) is 34.6. The van der Waals surface area contributed by atoms with E-state index in [0.29, 0.717) is 0 Å². The SMILES string of the molecule is CC(CC(=O)O)N1C(=O)CNC(=O)C1C. The monoisotopic (exact) mass is 214 g/mol. The van der Waals surface area contributed by atoms with E-state index in [9.17, 15) is 14.4 Å². The van der Waals surface area contributed by atoms with Crippen LogP contribution in [-0.2, 0) is 14.4 Å². The average molecular weight is 214 g/mol. The highest BCUT2D eigenvalue weighted by Crippen LogP contribution is 2.12. The van der Waals surface area contributed by atoms with Crippen LogP contribution in [-0.4, -0.2) is 46.4 Å². The standard InChI is InChI=1S/C9H14N2O4/c1-5(3-8(13)14)11-6(2)9(15)10-4-7(11)12/h5-6H,3-4H2,1-2H3,(H,10,15)(H,13,14). The molecule has 0 aromatic heterocycles. The molecule has 2 N–H and O–H groups in total. The molecular formula is C9H14N2O4. The Hall–Kier alpha value is -1.59. The third kappa shape index (κ3) is 2.45. The molecule has 1 aliphatic heterocycles. The molecule has 1 rings (SSSR count). The molecule has 0 spiro atoms. The minimum Gasteiger partial charge on any atom is -0.481 e. The van der Waals surface area contributed by atoms with Crippen molar-refractivity contribution >= 4 is 17.8 Å². The Balaban J connectivity index is 2.75. The first kappa shape index (κ1) is 11.5. The van der Waals surface area contributed by atoms with E-state index in [-0.39, 0.29) is 24.8 Å². The predicted octanol–water partition coefficient (Wildman–Crippen LogP) is -0.803. The largest absolute Gasteiger partial charge is 0.481 e. The third-order valence-corrected chi connectivity index (χ3v) is 2.44. The minimum atomic E-state index is -0.978. The molecule has 0 aromatic rings. The summed E-state index contributed by atoms with van der Waals surface area (Å²) in [5, 5.41) is 11.1. The highest BCUT2D eigenvalue weighted by atomic mass is 16.4. The third-order valence-electron chi connectivity index (χ3n) is 2.44. The fourth-order valence-electron chi connectivity index (χ4n) is 1.72. The van der Waals surface area contributed by atoms with Crippen LogP contribution in [0.3, 0.4) is 0 Å². The van der Waals surface area contributed by atoms with Crippen molar-refractivity contribution in [3.63, 3.8) is 0 Å². The van der Waals surface area contributed by atoms with Crippen molar-refractivity contribution in [2.24, 2.45) is 0 Å². The summed E-state index contributed by atoms with van der Waals surface area (Å²) in [6.45, 7) is 3.17. The number of nitrogens with zero attached hydrogens (tertiary/aromatic N) is 1. The number of carboxylic acids is 1. The highest BCUT2D eigenvalue weighted by molar-refractivity contribution is 5.94. The van der Waals surface area contributed by atoms with Gasteiger partial charge in [0, 0.05) is 6.04 Å². The van der Waals surface area contributed by atoms with E-state index in [2.05, 4.69) is 5.32 Å². The second kappa shape index (κ2) is 4.29. The van der Waals surface area contributed by atoms with Crippen molar-refractivity contribution in [2.45, 2.75) is 32.4 Å². The van der Waals surface area contributed by atoms with Crippen LogP contribution in [0.15, 0.2) is 0 Å². The van der Waals surface area contributed by atoms with Crippen molar-refractivity contribution in [1.82, 2.24) is 10.2 Å². The number of piperazine rings is 1. The number of carbonyl (C=O) groups is 3. The molecular weight excluding hydrogens is 200 g/mol. The van der Waals surface area contributed by atoms with E-state index in [0.717, 1.165) is 0 Å². The second-order valence-corrected chi connectivity index (χ2v) is 3.64. The van der Waals surface area contributed by atoms with E-state index in [4.69, 9.17) is 5.11 Å². The average Bonchev–Trinajstić information content (AvgIpc) is 2.11. The molecule has 2 unspecified atom stereocenters. The number of carbonyl (C=O) groups excluding carboxylic acids is 2. The lowest BCUT2D eigenvalue weighted by molar-refractivity contribution is -0.149. The Morgan fingerprint density at radius 1 is 1.67 bits per heavy atom. The van der Waals surface area contributed by atoms with E-state index in [1.165, 1.54) is 4.90 Å². The molecule has 15 heavy (non-hydrogen) atoms. The molecule has 1 saturated heterocycles. The zero-order chi connectivity index (χ0) is 11.6. The summed E-state index contributed by atoms with van der Waals surface area (Å²) in [7, 11) is 0. The van der Waals surface area contributed by atoms with Crippen molar-refractivity contribution in [1.29, 1.82) is 0 Å². The summed E-state index contributed by atoms with van der Waals surface area (Å²) < 4.78 is 0. The van der Waals surface area contributed by atoms with Gasteiger partial charge in [-0.1, -0.05) is 0 Å². The summed E-state index contributed by atoms with van der Waals surface area (Å²) in [6.07, 6.45) is -0.149. The van der Waals surface area contributed by atoms with Gasteiger partial charge in [0.1, 0.15) is 6.04 Å². The first-order valence-corrected chi connectivity index (χ1v) is 4.74. The summed E-state index contributed by atoms with van der Waals surface area (Å²) in [6, 6.07) is -1.06. The Kier molecular flexibility index (Phi) is 3.28. The van der Waals surface area contributed by atoms with Gasteiger partial charge in [-0.2, -0.15) is 0 Å². The molecule has 1 fully saturated rings. The second-order valence-electron chi connectivity index (χ2n) is 3.64. The van der Waals surface area contributed by atoms with E-state index < -0.39 is 18.1 Å². The van der Waals surface area contributed by atoms with E-state index in [1.54, 1.807) is 13.8 Å². The zero-order valence-corrected chi connectivity index (χ0v) is 8.69. The zero-order valence-electron chi connectivity index (χ0n) is 8.69. The molecule has 1 heterocycles. The summed E-state index contributed by atoms with van der Waals surface area (Å²) in [5.74, 6) is -1.46. The first-order chi connectivity index (χ1) is 6.93. The number of carboxylic acid groups (broad SMARTS) is 1. The Labute approximate surface area is 87.2 Å². The lowest BCUT2D eigenvalue weighted by Crippen LogP contribution is -2.60. The maximum absolute atomic E-state index is 11.5. The number of nitrogens with one attached hydrogen (secondary N) is 1. The van der Waals surface area contributed by atoms with Gasteiger partial charge in [0.2, 0.25) is 11.8 Å². The molecule has 6 nitrogen and oxygen atoms in total. The normalized spacial score (nSPS) is 23.6. The number of rotatable bonds is 3. The molecule has 2 amide bonds. The van der Waals surface area contributed by atoms with Gasteiger partial charge in [0.25, 0.3) is 0 Å². The van der Waals surface area contributed by atoms with Gasteiger partial charge in [0.05, 0.1) is 13.0 Å². The van der Waals surface area contributed by atoms with E-state index >= 15 is 0 Å². The van der Waals surface area contributed by atoms with Gasteiger partial charge in [-0.25, -0.2) is 0 Å². The number of hydrogen-bond acceptors (Lipinski definition) is 3. The lowest BCUT2D eigenvalue weighted by Gasteiger charge is -2.36. The van der Waals surface area contributed by atoms with Crippen LogP contribution in [0.1, 0.15) is 20.3 Å². The molecule has 0 radical (unpaired) electrons. The maximum atomic E-state index is 11.5. The van der Waals surface area contributed by atoms with Crippen LogP contribution in [0.2, 0.25) is 0 Å². The lowest BCUT2D eigenvalue weighted by atomic mass is 10.1. The van der Waals surface area contributed by atoms with Crippen LogP contribution < -0.4 is 5.32 Å². The van der Waals surface area contributed by atoms with Gasteiger partial charge in [-0.15, -0.1) is 0 Å². The highest BCUT2D eigenvalue weighted by Gasteiger charge is 2.34. The molecule has 0 saturated carbocycles. The van der Waals surface area contributed by atoms with Crippen molar-refractivity contribution in [2.75, 3.05) is 6.54 Å². The molecule has 2 atom stereocenters. The Morgan fingerprint density at radius 2 is 2.27 bits per heavy atom. The van der Waals surface area contributed by atoms with Gasteiger partial charge < -0.3 is 15.3 Å². The molecule has 6 heteroatoms. The maximum Gasteiger partial charge on any atom is 0.305 e. The van der Waals surface area contributed by atoms with Crippen molar-refractivity contribution < 1.29 is 19.5 Å². The number of amides is 2. The molecule has 0 aliphatic carbocycles. The fourth-order valence-corrected chi connectivity index (χ4v) is 1.72. The van der Waals surface area contributed by atoms with Gasteiger partial charge >= 0.3 is 5.97 Å². The molecule has 1 aliphatic rings. The van der Waals surface area contributed by atoms with Crippen LogP contribution in [0.25, 0.3) is 0 Å². The van der Waals surface area contributed by atoms with Gasteiger partial charge in [-0.3, -0.25) is 14.4 Å². The quantitative estimate of drug-likeness (QED) is 0.643. The van der Waals surface area contributed by atoms with Crippen LogP contribution in [0.5, 0.6) is 0 Å². The van der Waals surface area contributed by atoms with Crippen LogP contribution in [0.4, 0.5) is 0 Å². The fraction of sp³-hybridized carbons (Fsp3) is 0.667. The minimum absolute atomic E-state index is 0.0485. The Bertz CT molecular complexity index is 302.